The molecule has 4 aromatic carbocycles. The molecule has 0 aliphatic heterocycles. The van der Waals surface area contributed by atoms with E-state index in [0.717, 1.165) is 16.7 Å². The highest BCUT2D eigenvalue weighted by Crippen LogP contribution is 2.22. The number of azo groups is 1. The van der Waals surface area contributed by atoms with Gasteiger partial charge in [0.1, 0.15) is 0 Å². The fourth-order valence-electron chi connectivity index (χ4n) is 3.96. The van der Waals surface area contributed by atoms with E-state index in [1.165, 1.54) is 36.4 Å². The average Bonchev–Trinajstić information content (AvgIpc) is 2.99. The van der Waals surface area contributed by atoms with Crippen molar-refractivity contribution in [1.82, 2.24) is 0 Å². The van der Waals surface area contributed by atoms with Gasteiger partial charge in [-0.05, 0) is 81.4 Å². The predicted octanol–water partition coefficient (Wildman–Crippen LogP) is 6.50. The van der Waals surface area contributed by atoms with Gasteiger partial charge in [-0.1, -0.05) is 53.1 Å². The van der Waals surface area contributed by atoms with Crippen molar-refractivity contribution in [2.24, 2.45) is 10.2 Å². The molecule has 218 valence electrons. The molecule has 0 bridgehead atoms. The van der Waals surface area contributed by atoms with Crippen molar-refractivity contribution in [2.75, 3.05) is 5.32 Å². The van der Waals surface area contributed by atoms with Crippen LogP contribution < -0.4 is 5.32 Å². The minimum Gasteiger partial charge on any atom is -0.478 e. The number of benzene rings is 4. The molecule has 0 fully saturated rings. The molecule has 0 radical (unpaired) electrons. The maximum atomic E-state index is 13.4. The quantitative estimate of drug-likeness (QED) is 0.161. The first-order valence-corrected chi connectivity index (χ1v) is 13.3. The summed E-state index contributed by atoms with van der Waals surface area (Å²) in [6.45, 7) is 5.48. The topological polar surface area (TPSA) is 144 Å². The molecule has 1 amide bonds. The third-order valence-electron chi connectivity index (χ3n) is 6.20. The van der Waals surface area contributed by atoms with E-state index in [1.54, 1.807) is 50.2 Å². The highest BCUT2D eigenvalue weighted by atomic mass is 16.6. The summed E-state index contributed by atoms with van der Waals surface area (Å²) in [5.41, 5.74) is 4.17. The largest absolute Gasteiger partial charge is 0.478 e. The van der Waals surface area contributed by atoms with Crippen molar-refractivity contribution in [1.29, 1.82) is 0 Å². The van der Waals surface area contributed by atoms with Gasteiger partial charge in [-0.2, -0.15) is 10.2 Å². The number of carbonyl (C=O) groups excluding carboxylic acids is 3. The Hall–Kier alpha value is -5.64. The van der Waals surface area contributed by atoms with Crippen LogP contribution in [-0.2, 0) is 19.1 Å². The molecule has 0 spiro atoms. The van der Waals surface area contributed by atoms with Crippen LogP contribution in [0.4, 0.5) is 17.1 Å². The van der Waals surface area contributed by atoms with Crippen molar-refractivity contribution in [2.45, 2.75) is 33.0 Å². The van der Waals surface area contributed by atoms with E-state index in [0.29, 0.717) is 11.4 Å². The summed E-state index contributed by atoms with van der Waals surface area (Å²) < 4.78 is 10.6. The summed E-state index contributed by atoms with van der Waals surface area (Å²) in [4.78, 5) is 51.5. The van der Waals surface area contributed by atoms with Crippen molar-refractivity contribution < 1.29 is 33.8 Å². The summed E-state index contributed by atoms with van der Waals surface area (Å²) in [6, 6.07) is 26.4. The van der Waals surface area contributed by atoms with Gasteiger partial charge in [0.2, 0.25) is 12.2 Å². The van der Waals surface area contributed by atoms with E-state index in [2.05, 4.69) is 15.5 Å². The number of ether oxygens (including phenoxy) is 2. The molecule has 0 aromatic heterocycles. The van der Waals surface area contributed by atoms with Gasteiger partial charge in [0.25, 0.3) is 5.91 Å². The lowest BCUT2D eigenvalue weighted by atomic mass is 10.1. The second-order valence-electron chi connectivity index (χ2n) is 9.80. The van der Waals surface area contributed by atoms with Crippen LogP contribution in [0.1, 0.15) is 37.4 Å². The Bertz CT molecular complexity index is 1660. The Morgan fingerprint density at radius 3 is 1.56 bits per heavy atom. The van der Waals surface area contributed by atoms with Crippen LogP contribution in [0.25, 0.3) is 0 Å². The summed E-state index contributed by atoms with van der Waals surface area (Å²) in [5, 5.41) is 20.8. The molecule has 0 unspecified atom stereocenters. The second-order valence-corrected chi connectivity index (χ2v) is 9.80. The highest BCUT2D eigenvalue weighted by Gasteiger charge is 2.41. The minimum absolute atomic E-state index is 0.0748. The average molecular weight is 580 g/mol. The van der Waals surface area contributed by atoms with Gasteiger partial charge in [-0.25, -0.2) is 14.4 Å². The number of carboxylic acid groups (broad SMARTS) is 1. The smallest absolute Gasteiger partial charge is 0.349 e. The molecule has 0 saturated carbocycles. The van der Waals surface area contributed by atoms with Gasteiger partial charge in [-0.15, -0.1) is 0 Å². The van der Waals surface area contributed by atoms with Crippen LogP contribution in [-0.4, -0.2) is 41.1 Å². The van der Waals surface area contributed by atoms with E-state index >= 15 is 0 Å². The zero-order chi connectivity index (χ0) is 30.9. The van der Waals surface area contributed by atoms with Crippen LogP contribution in [0.2, 0.25) is 0 Å². The van der Waals surface area contributed by atoms with E-state index < -0.39 is 36.0 Å². The predicted molar refractivity (Wildman–Crippen MR) is 159 cm³/mol. The zero-order valence-electron chi connectivity index (χ0n) is 23.7. The van der Waals surface area contributed by atoms with E-state index in [9.17, 15) is 24.3 Å². The SMILES string of the molecule is Cc1ccc(N=Nc2ccc(NC(=O)[C@H](OC(=O)c3cccc(C)c3)[C@H](OC(=O)c3cccc(C)c3)C(=O)O)cc2)cc1. The zero-order valence-corrected chi connectivity index (χ0v) is 23.7. The Kier molecular flexibility index (Phi) is 9.74. The first kappa shape index (κ1) is 30.3. The van der Waals surface area contributed by atoms with Crippen molar-refractivity contribution >= 4 is 40.9 Å². The van der Waals surface area contributed by atoms with Gasteiger partial charge in [-0.3, -0.25) is 4.79 Å². The number of anilines is 1. The number of nitrogens with zero attached hydrogens (tertiary/aromatic N) is 2. The third-order valence-corrected chi connectivity index (χ3v) is 6.20. The lowest BCUT2D eigenvalue weighted by Gasteiger charge is -2.23. The number of carboxylic acids is 1. The molecule has 2 N–H and O–H groups in total. The molecule has 4 aromatic rings. The lowest BCUT2D eigenvalue weighted by Crippen LogP contribution is -2.48. The Balaban J connectivity index is 1.56. The maximum Gasteiger partial charge on any atom is 0.349 e. The first-order valence-electron chi connectivity index (χ1n) is 13.3. The van der Waals surface area contributed by atoms with Crippen LogP contribution in [0.5, 0.6) is 0 Å². The monoisotopic (exact) mass is 579 g/mol. The van der Waals surface area contributed by atoms with Crippen LogP contribution in [0, 0.1) is 20.8 Å². The summed E-state index contributed by atoms with van der Waals surface area (Å²) in [6.07, 6.45) is -4.18. The molecular formula is C33H29N3O7. The molecule has 43 heavy (non-hydrogen) atoms. The van der Waals surface area contributed by atoms with E-state index in [4.69, 9.17) is 9.47 Å². The molecule has 0 aliphatic rings. The van der Waals surface area contributed by atoms with Crippen molar-refractivity contribution in [3.8, 4) is 0 Å². The maximum absolute atomic E-state index is 13.4. The van der Waals surface area contributed by atoms with Crippen molar-refractivity contribution in [3.05, 3.63) is 125 Å². The number of carbonyl (C=O) groups is 4. The normalized spacial score (nSPS) is 12.3. The number of hydrogen-bond donors (Lipinski definition) is 2. The van der Waals surface area contributed by atoms with Gasteiger partial charge in [0.05, 0.1) is 22.5 Å². The van der Waals surface area contributed by atoms with Gasteiger partial charge < -0.3 is 19.9 Å². The summed E-state index contributed by atoms with van der Waals surface area (Å²) in [5.74, 6) is -4.65. The molecule has 10 nitrogen and oxygen atoms in total. The first-order chi connectivity index (χ1) is 20.6. The number of amides is 1. The standard InChI is InChI=1S/C33H29N3O7/c1-20-10-12-26(13-11-20)35-36-27-16-14-25(15-17-27)34-30(37)28(42-32(40)23-8-4-6-21(2)18-23)29(31(38)39)43-33(41)24-9-5-7-22(3)19-24/h4-19,28-29H,1-3H3,(H,34,37)(H,38,39)/t28-,29+/m1/s1. The third kappa shape index (κ3) is 8.43. The molecular weight excluding hydrogens is 550 g/mol. The van der Waals surface area contributed by atoms with Gasteiger partial charge in [0.15, 0.2) is 0 Å². The fourth-order valence-corrected chi connectivity index (χ4v) is 3.96. The molecule has 0 heterocycles. The highest BCUT2D eigenvalue weighted by molar-refractivity contribution is 6.01. The van der Waals surface area contributed by atoms with Crippen LogP contribution >= 0.6 is 0 Å². The molecule has 0 saturated heterocycles. The second kappa shape index (κ2) is 13.8. The Labute approximate surface area is 248 Å². The number of hydrogen-bond acceptors (Lipinski definition) is 8. The Morgan fingerprint density at radius 1 is 0.628 bits per heavy atom. The number of aliphatic carboxylic acids is 1. The van der Waals surface area contributed by atoms with Crippen LogP contribution in [0.15, 0.2) is 107 Å². The van der Waals surface area contributed by atoms with Crippen LogP contribution in [0.3, 0.4) is 0 Å². The number of nitrogens with one attached hydrogen (secondary N) is 1. The van der Waals surface area contributed by atoms with Crippen molar-refractivity contribution in [3.63, 3.8) is 0 Å². The summed E-state index contributed by atoms with van der Waals surface area (Å²) >= 11 is 0. The van der Waals surface area contributed by atoms with E-state index in [1.807, 2.05) is 31.2 Å². The van der Waals surface area contributed by atoms with E-state index in [-0.39, 0.29) is 16.8 Å². The Morgan fingerprint density at radius 2 is 1.09 bits per heavy atom. The lowest BCUT2D eigenvalue weighted by molar-refractivity contribution is -0.157. The number of rotatable bonds is 10. The molecule has 2 atom stereocenters. The molecule has 10 heteroatoms. The molecule has 0 aliphatic carbocycles. The molecule has 4 rings (SSSR count). The minimum atomic E-state index is -2.15. The number of aryl methyl sites for hydroxylation is 3. The van der Waals surface area contributed by atoms with Gasteiger partial charge in [0, 0.05) is 5.69 Å². The van der Waals surface area contributed by atoms with Gasteiger partial charge >= 0.3 is 17.9 Å². The summed E-state index contributed by atoms with van der Waals surface area (Å²) in [7, 11) is 0. The number of esters is 2. The fraction of sp³-hybridized carbons (Fsp3) is 0.152.